The molecule has 0 N–H and O–H groups in total. The lowest BCUT2D eigenvalue weighted by Crippen LogP contribution is -2.09. The first-order valence-electron chi connectivity index (χ1n) is 5.93. The normalized spacial score (nSPS) is 10.5. The van der Waals surface area contributed by atoms with E-state index in [1.807, 2.05) is 0 Å². The maximum Gasteiger partial charge on any atom is 0.171 e. The predicted molar refractivity (Wildman–Crippen MR) is 80.1 cm³/mol. The molecule has 0 heterocycles. The fourth-order valence-electron chi connectivity index (χ4n) is 1.89. The number of benzene rings is 2. The van der Waals surface area contributed by atoms with Crippen molar-refractivity contribution < 1.29 is 18.3 Å². The van der Waals surface area contributed by atoms with E-state index < -0.39 is 23.8 Å². The number of methoxy groups -OCH3 is 1. The molecule has 0 radical (unpaired) electrons. The van der Waals surface area contributed by atoms with Gasteiger partial charge in [-0.25, -0.2) is 8.78 Å². The quantitative estimate of drug-likeness (QED) is 0.566. The average molecular weight is 376 g/mol. The van der Waals surface area contributed by atoms with Crippen molar-refractivity contribution in [2.75, 3.05) is 7.11 Å². The highest BCUT2D eigenvalue weighted by molar-refractivity contribution is 9.10. The molecule has 2 nitrogen and oxygen atoms in total. The van der Waals surface area contributed by atoms with Crippen LogP contribution in [0.25, 0.3) is 0 Å². The molecule has 0 spiro atoms. The largest absolute Gasteiger partial charge is 0.496 e. The molecular formula is C15H10BrClF2O2. The number of ketones is 1. The van der Waals surface area contributed by atoms with Crippen molar-refractivity contribution >= 4 is 33.3 Å². The molecule has 0 atom stereocenters. The number of Topliss-reactive ketones (excluding diaryl/α,β-unsaturated/α-hetero) is 1. The Bertz CT molecular complexity index is 704. The summed E-state index contributed by atoms with van der Waals surface area (Å²) in [5.74, 6) is -1.74. The predicted octanol–water partition coefficient (Wildman–Crippen LogP) is 4.81. The van der Waals surface area contributed by atoms with Crippen LogP contribution in [-0.2, 0) is 6.42 Å². The summed E-state index contributed by atoms with van der Waals surface area (Å²) in [6.45, 7) is 0. The Kier molecular flexibility index (Phi) is 4.96. The Morgan fingerprint density at radius 3 is 2.67 bits per heavy atom. The van der Waals surface area contributed by atoms with Crippen molar-refractivity contribution in [1.29, 1.82) is 0 Å². The molecule has 0 fully saturated rings. The molecule has 2 rings (SSSR count). The van der Waals surface area contributed by atoms with Crippen LogP contribution >= 0.6 is 27.5 Å². The molecular weight excluding hydrogens is 366 g/mol. The van der Waals surface area contributed by atoms with Crippen molar-refractivity contribution in [3.8, 4) is 5.75 Å². The van der Waals surface area contributed by atoms with Crippen LogP contribution in [0, 0.1) is 11.6 Å². The lowest BCUT2D eigenvalue weighted by atomic mass is 10.0. The highest BCUT2D eigenvalue weighted by Gasteiger charge is 2.19. The van der Waals surface area contributed by atoms with Crippen molar-refractivity contribution in [1.82, 2.24) is 0 Å². The molecule has 0 saturated carbocycles. The highest BCUT2D eigenvalue weighted by atomic mass is 79.9. The minimum absolute atomic E-state index is 0.102. The Morgan fingerprint density at radius 2 is 2.00 bits per heavy atom. The monoisotopic (exact) mass is 374 g/mol. The second kappa shape index (κ2) is 6.54. The molecule has 0 saturated heterocycles. The lowest BCUT2D eigenvalue weighted by Gasteiger charge is -2.10. The summed E-state index contributed by atoms with van der Waals surface area (Å²) >= 11 is 8.81. The first-order chi connectivity index (χ1) is 9.93. The van der Waals surface area contributed by atoms with Gasteiger partial charge in [-0.3, -0.25) is 4.79 Å². The summed E-state index contributed by atoms with van der Waals surface area (Å²) in [6, 6.07) is 6.86. The Balaban J connectivity index is 2.39. The molecule has 0 amide bonds. The first-order valence-corrected chi connectivity index (χ1v) is 7.10. The van der Waals surface area contributed by atoms with E-state index in [1.165, 1.54) is 25.3 Å². The third kappa shape index (κ3) is 3.41. The van der Waals surface area contributed by atoms with E-state index in [0.717, 1.165) is 6.07 Å². The second-order valence-corrected chi connectivity index (χ2v) is 5.56. The number of carbonyl (C=O) groups is 1. The van der Waals surface area contributed by atoms with Crippen molar-refractivity contribution in [3.63, 3.8) is 0 Å². The average Bonchev–Trinajstić information content (AvgIpc) is 2.47. The summed E-state index contributed by atoms with van der Waals surface area (Å²) in [5, 5.41) is 0.342. The highest BCUT2D eigenvalue weighted by Crippen LogP contribution is 2.27. The SMILES string of the molecule is COc1ccc(Cl)cc1C(=O)Cc1c(F)ccc(Br)c1F. The van der Waals surface area contributed by atoms with E-state index in [-0.39, 0.29) is 15.6 Å². The van der Waals surface area contributed by atoms with Crippen LogP contribution in [0.4, 0.5) is 8.78 Å². The van der Waals surface area contributed by atoms with Gasteiger partial charge >= 0.3 is 0 Å². The van der Waals surface area contributed by atoms with Gasteiger partial charge in [0, 0.05) is 17.0 Å². The summed E-state index contributed by atoms with van der Waals surface area (Å²) in [6.07, 6.45) is -0.423. The fourth-order valence-corrected chi connectivity index (χ4v) is 2.43. The lowest BCUT2D eigenvalue weighted by molar-refractivity contribution is 0.0987. The molecule has 0 aliphatic rings. The Labute approximate surface area is 133 Å². The molecule has 6 heteroatoms. The standard InChI is InChI=1S/C15H10BrClF2O2/c1-21-14-5-2-8(17)6-10(14)13(20)7-9-12(18)4-3-11(16)15(9)19/h2-6H,7H2,1H3. The number of ether oxygens (including phenoxy) is 1. The van der Waals surface area contributed by atoms with Crippen molar-refractivity contribution in [3.05, 3.63) is 62.6 Å². The van der Waals surface area contributed by atoms with Crippen LogP contribution in [-0.4, -0.2) is 12.9 Å². The van der Waals surface area contributed by atoms with Crippen molar-refractivity contribution in [2.45, 2.75) is 6.42 Å². The molecule has 0 unspecified atom stereocenters. The van der Waals surface area contributed by atoms with Gasteiger partial charge in [-0.05, 0) is 46.3 Å². The summed E-state index contributed by atoms with van der Waals surface area (Å²) < 4.78 is 32.8. The van der Waals surface area contributed by atoms with E-state index in [4.69, 9.17) is 16.3 Å². The van der Waals surface area contributed by atoms with Crippen LogP contribution in [0.5, 0.6) is 5.75 Å². The van der Waals surface area contributed by atoms with Crippen molar-refractivity contribution in [2.24, 2.45) is 0 Å². The maximum absolute atomic E-state index is 13.9. The Morgan fingerprint density at radius 1 is 1.29 bits per heavy atom. The summed E-state index contributed by atoms with van der Waals surface area (Å²) in [7, 11) is 1.40. The summed E-state index contributed by atoms with van der Waals surface area (Å²) in [5.41, 5.74) is -0.111. The molecule has 2 aromatic rings. The van der Waals surface area contributed by atoms with E-state index in [2.05, 4.69) is 15.9 Å². The zero-order chi connectivity index (χ0) is 15.6. The topological polar surface area (TPSA) is 26.3 Å². The minimum Gasteiger partial charge on any atom is -0.496 e. The number of hydrogen-bond acceptors (Lipinski definition) is 2. The van der Waals surface area contributed by atoms with E-state index in [1.54, 1.807) is 6.07 Å². The second-order valence-electron chi connectivity index (χ2n) is 4.27. The van der Waals surface area contributed by atoms with Gasteiger partial charge in [0.1, 0.15) is 17.4 Å². The number of rotatable bonds is 4. The van der Waals surface area contributed by atoms with Gasteiger partial charge in [0.25, 0.3) is 0 Å². The van der Waals surface area contributed by atoms with Gasteiger partial charge in [-0.15, -0.1) is 0 Å². The van der Waals surface area contributed by atoms with E-state index in [0.29, 0.717) is 10.8 Å². The van der Waals surface area contributed by atoms with Gasteiger partial charge in [-0.2, -0.15) is 0 Å². The third-order valence-corrected chi connectivity index (χ3v) is 3.79. The van der Waals surface area contributed by atoms with Gasteiger partial charge in [0.15, 0.2) is 5.78 Å². The zero-order valence-electron chi connectivity index (χ0n) is 10.9. The zero-order valence-corrected chi connectivity index (χ0v) is 13.3. The minimum atomic E-state index is -0.788. The molecule has 0 aromatic heterocycles. The van der Waals surface area contributed by atoms with Crippen LogP contribution in [0.3, 0.4) is 0 Å². The van der Waals surface area contributed by atoms with Crippen LogP contribution < -0.4 is 4.74 Å². The van der Waals surface area contributed by atoms with Gasteiger partial charge in [0.05, 0.1) is 17.1 Å². The fraction of sp³-hybridized carbons (Fsp3) is 0.133. The molecule has 2 aromatic carbocycles. The van der Waals surface area contributed by atoms with E-state index in [9.17, 15) is 13.6 Å². The number of carbonyl (C=O) groups excluding carboxylic acids is 1. The van der Waals surface area contributed by atoms with Gasteiger partial charge < -0.3 is 4.74 Å². The number of hydrogen-bond donors (Lipinski definition) is 0. The molecule has 21 heavy (non-hydrogen) atoms. The van der Waals surface area contributed by atoms with Crippen LogP contribution in [0.2, 0.25) is 5.02 Å². The number of halogens is 4. The first kappa shape index (κ1) is 15.9. The smallest absolute Gasteiger partial charge is 0.171 e. The Hall–Kier alpha value is -1.46. The molecule has 0 aliphatic carbocycles. The molecule has 110 valence electrons. The van der Waals surface area contributed by atoms with E-state index >= 15 is 0 Å². The van der Waals surface area contributed by atoms with Gasteiger partial charge in [0.2, 0.25) is 0 Å². The van der Waals surface area contributed by atoms with Crippen LogP contribution in [0.1, 0.15) is 15.9 Å². The maximum atomic E-state index is 13.9. The third-order valence-electron chi connectivity index (χ3n) is 2.94. The molecule has 0 aliphatic heterocycles. The summed E-state index contributed by atoms with van der Waals surface area (Å²) in [4.78, 5) is 12.3. The van der Waals surface area contributed by atoms with Crippen LogP contribution in [0.15, 0.2) is 34.8 Å². The van der Waals surface area contributed by atoms with Gasteiger partial charge in [-0.1, -0.05) is 11.6 Å². The molecule has 0 bridgehead atoms.